The number of amides is 1. The van der Waals surface area contributed by atoms with Gasteiger partial charge < -0.3 is 89.9 Å². The summed E-state index contributed by atoms with van der Waals surface area (Å²) >= 11 is 0. The van der Waals surface area contributed by atoms with E-state index in [2.05, 4.69) is 67.8 Å². The lowest BCUT2D eigenvalue weighted by Crippen LogP contribution is -2.66. The van der Waals surface area contributed by atoms with E-state index < -0.39 is 124 Å². The molecule has 3 saturated heterocycles. The molecule has 0 spiro atoms. The van der Waals surface area contributed by atoms with Crippen molar-refractivity contribution >= 4 is 5.91 Å². The molecule has 3 rings (SSSR count). The van der Waals surface area contributed by atoms with Crippen molar-refractivity contribution in [3.8, 4) is 0 Å². The van der Waals surface area contributed by atoms with E-state index in [4.69, 9.17) is 28.4 Å². The minimum atomic E-state index is -1.97. The summed E-state index contributed by atoms with van der Waals surface area (Å²) in [4.78, 5) is 13.4. The van der Waals surface area contributed by atoms with Gasteiger partial charge >= 0.3 is 0 Å². The van der Waals surface area contributed by atoms with Crippen molar-refractivity contribution in [3.05, 3.63) is 48.6 Å². The second-order valence-electron chi connectivity index (χ2n) is 26.7. The predicted molar refractivity (Wildman–Crippen MR) is 365 cm³/mol. The number of ether oxygens (including phenoxy) is 6. The highest BCUT2D eigenvalue weighted by Gasteiger charge is 2.53. The number of carbonyl (C=O) groups excluding carboxylic acids is 1. The van der Waals surface area contributed by atoms with E-state index in [1.54, 1.807) is 0 Å². The Balaban J connectivity index is 1.25. The van der Waals surface area contributed by atoms with E-state index in [9.17, 15) is 61.0 Å². The van der Waals surface area contributed by atoms with E-state index in [0.717, 1.165) is 70.6 Å². The molecule has 0 aromatic carbocycles. The zero-order valence-electron chi connectivity index (χ0n) is 57.7. The summed E-state index contributed by atoms with van der Waals surface area (Å²) in [5.74, 6) is -0.241. The van der Waals surface area contributed by atoms with Crippen LogP contribution in [0.4, 0.5) is 0 Å². The summed E-state index contributed by atoms with van der Waals surface area (Å²) < 4.78 is 34.3. The number of carbonyl (C=O) groups is 1. The van der Waals surface area contributed by atoms with E-state index in [1.165, 1.54) is 180 Å². The molecule has 0 aromatic rings. The summed E-state index contributed by atoms with van der Waals surface area (Å²) in [6.45, 7) is 1.67. The zero-order chi connectivity index (χ0) is 67.5. The molecule has 17 atom stereocenters. The SMILES string of the molecule is CC/C=C\C/C=C\C/C=C\C/C=C\CCCCCCCCCCCCCCCCCCCCCCCCCCCCC(=O)NC(COC1OC(CO)C(OC2OC(CO)C(OC3OC(CO)C(O)C(O)C3O)C(O)C2O)C(O)C1O)C(O)CCCCCCCCCCC. The average molecular weight is 1330 g/mol. The van der Waals surface area contributed by atoms with Gasteiger partial charge in [0, 0.05) is 6.42 Å². The number of rotatable bonds is 58. The molecule has 0 saturated carbocycles. The van der Waals surface area contributed by atoms with Crippen molar-refractivity contribution < 1.29 is 89.4 Å². The van der Waals surface area contributed by atoms with Crippen molar-refractivity contribution in [2.75, 3.05) is 26.4 Å². The van der Waals surface area contributed by atoms with Crippen LogP contribution in [-0.4, -0.2) is 193 Å². The van der Waals surface area contributed by atoms with Gasteiger partial charge in [0.15, 0.2) is 18.9 Å². The first-order chi connectivity index (χ1) is 45.3. The van der Waals surface area contributed by atoms with Crippen molar-refractivity contribution in [2.45, 2.75) is 388 Å². The molecular weight excluding hydrogens is 1190 g/mol. The molecule has 544 valence electrons. The molecule has 17 unspecified atom stereocenters. The van der Waals surface area contributed by atoms with E-state index in [-0.39, 0.29) is 18.9 Å². The minimum Gasteiger partial charge on any atom is -0.394 e. The van der Waals surface area contributed by atoms with Crippen LogP contribution in [0, 0.1) is 0 Å². The Hall–Kier alpha value is -2.25. The highest BCUT2D eigenvalue weighted by molar-refractivity contribution is 5.76. The van der Waals surface area contributed by atoms with Gasteiger partial charge in [0.2, 0.25) is 5.91 Å². The summed E-state index contributed by atoms with van der Waals surface area (Å²) in [7, 11) is 0. The minimum absolute atomic E-state index is 0.241. The molecular formula is C74H135NO18. The van der Waals surface area contributed by atoms with Crippen LogP contribution in [0.3, 0.4) is 0 Å². The summed E-state index contributed by atoms with van der Waals surface area (Å²) in [6.07, 6.45) is 41.2. The van der Waals surface area contributed by atoms with Crippen LogP contribution in [-0.2, 0) is 33.2 Å². The molecule has 3 heterocycles. The lowest BCUT2D eigenvalue weighted by molar-refractivity contribution is -0.379. The first-order valence-corrected chi connectivity index (χ1v) is 37.4. The van der Waals surface area contributed by atoms with Crippen LogP contribution in [0.15, 0.2) is 48.6 Å². The molecule has 12 N–H and O–H groups in total. The first kappa shape index (κ1) is 85.0. The number of unbranched alkanes of at least 4 members (excludes halogenated alkanes) is 34. The molecule has 19 nitrogen and oxygen atoms in total. The van der Waals surface area contributed by atoms with Gasteiger partial charge in [-0.25, -0.2) is 0 Å². The maximum atomic E-state index is 13.4. The number of hydrogen-bond acceptors (Lipinski definition) is 18. The smallest absolute Gasteiger partial charge is 0.220 e. The molecule has 0 radical (unpaired) electrons. The Kier molecular flexibility index (Phi) is 50.8. The average Bonchev–Trinajstić information content (AvgIpc) is 0.828. The fraction of sp³-hybridized carbons (Fsp3) is 0.878. The summed E-state index contributed by atoms with van der Waals surface area (Å²) in [6, 6.07) is -0.883. The standard InChI is InChI=1S/C74H135NO18/c1-3-5-7-9-11-13-14-15-16-17-18-19-20-21-22-23-24-25-26-27-28-29-30-31-32-33-34-35-36-37-38-39-40-41-42-44-46-48-50-52-62(80)75-57(58(79)51-49-47-45-43-12-10-8-6-4-2)56-88-72-68(86)65(83)70(60(54-77)90-72)93-74-69(87)66(84)71(61(55-78)91-74)92-73-67(85)64(82)63(81)59(53-76)89-73/h5,7,11,13,15-16,18-19,57-61,63-74,76-79,81-87H,3-4,6,8-10,12,14,17,20-56H2,1-2H3,(H,75,80)/b7-5-,13-11-,16-15-,19-18-. The summed E-state index contributed by atoms with van der Waals surface area (Å²) in [5, 5.41) is 120. The fourth-order valence-electron chi connectivity index (χ4n) is 12.7. The maximum absolute atomic E-state index is 13.4. The number of nitrogens with one attached hydrogen (secondary N) is 1. The lowest BCUT2D eigenvalue weighted by Gasteiger charge is -2.48. The van der Waals surface area contributed by atoms with Crippen LogP contribution in [0.1, 0.15) is 284 Å². The number of aliphatic hydroxyl groups excluding tert-OH is 11. The van der Waals surface area contributed by atoms with E-state index in [1.807, 2.05) is 0 Å². The monoisotopic (exact) mass is 1330 g/mol. The predicted octanol–water partition coefficient (Wildman–Crippen LogP) is 10.9. The van der Waals surface area contributed by atoms with E-state index in [0.29, 0.717) is 12.8 Å². The second-order valence-corrected chi connectivity index (χ2v) is 26.7. The Morgan fingerprint density at radius 2 is 0.742 bits per heavy atom. The number of hydrogen-bond donors (Lipinski definition) is 12. The Bertz CT molecular complexity index is 1870. The van der Waals surface area contributed by atoms with Crippen LogP contribution in [0.2, 0.25) is 0 Å². The molecule has 1 amide bonds. The number of allylic oxidation sites excluding steroid dienone is 8. The molecule has 0 bridgehead atoms. The quantitative estimate of drug-likeness (QED) is 0.0199. The molecule has 19 heteroatoms. The zero-order valence-corrected chi connectivity index (χ0v) is 57.7. The Labute approximate surface area is 561 Å². The van der Waals surface area contributed by atoms with Gasteiger partial charge in [0.25, 0.3) is 0 Å². The Morgan fingerprint density at radius 3 is 1.16 bits per heavy atom. The molecule has 0 aromatic heterocycles. The fourth-order valence-corrected chi connectivity index (χ4v) is 12.7. The van der Waals surface area contributed by atoms with E-state index >= 15 is 0 Å². The van der Waals surface area contributed by atoms with Crippen molar-refractivity contribution in [1.82, 2.24) is 5.32 Å². The van der Waals surface area contributed by atoms with Gasteiger partial charge in [0.1, 0.15) is 73.2 Å². The van der Waals surface area contributed by atoms with Crippen LogP contribution < -0.4 is 5.32 Å². The van der Waals surface area contributed by atoms with Crippen molar-refractivity contribution in [3.63, 3.8) is 0 Å². The third-order valence-corrected chi connectivity index (χ3v) is 18.7. The van der Waals surface area contributed by atoms with Gasteiger partial charge in [-0.05, 0) is 51.4 Å². The van der Waals surface area contributed by atoms with Gasteiger partial charge in [-0.1, -0.05) is 274 Å². The van der Waals surface area contributed by atoms with Gasteiger partial charge in [-0.2, -0.15) is 0 Å². The Morgan fingerprint density at radius 1 is 0.398 bits per heavy atom. The molecule has 3 aliphatic heterocycles. The lowest BCUT2D eigenvalue weighted by atomic mass is 9.96. The molecule has 3 aliphatic rings. The van der Waals surface area contributed by atoms with Gasteiger partial charge in [-0.15, -0.1) is 0 Å². The topological polar surface area (TPSA) is 307 Å². The van der Waals surface area contributed by atoms with Crippen LogP contribution in [0.25, 0.3) is 0 Å². The van der Waals surface area contributed by atoms with Gasteiger partial charge in [0.05, 0.1) is 38.6 Å². The largest absolute Gasteiger partial charge is 0.394 e. The summed E-state index contributed by atoms with van der Waals surface area (Å²) in [5.41, 5.74) is 0. The normalized spacial score (nSPS) is 27.8. The molecule has 0 aliphatic carbocycles. The van der Waals surface area contributed by atoms with Crippen molar-refractivity contribution in [2.24, 2.45) is 0 Å². The van der Waals surface area contributed by atoms with Crippen molar-refractivity contribution in [1.29, 1.82) is 0 Å². The highest BCUT2D eigenvalue weighted by Crippen LogP contribution is 2.33. The third-order valence-electron chi connectivity index (χ3n) is 18.7. The van der Waals surface area contributed by atoms with Crippen LogP contribution in [0.5, 0.6) is 0 Å². The second kappa shape index (κ2) is 55.6. The molecule has 3 fully saturated rings. The first-order valence-electron chi connectivity index (χ1n) is 37.4. The maximum Gasteiger partial charge on any atom is 0.220 e. The van der Waals surface area contributed by atoms with Gasteiger partial charge in [-0.3, -0.25) is 4.79 Å². The number of aliphatic hydroxyl groups is 11. The third kappa shape index (κ3) is 37.0. The van der Waals surface area contributed by atoms with Crippen LogP contribution >= 0.6 is 0 Å². The molecule has 93 heavy (non-hydrogen) atoms. The highest BCUT2D eigenvalue weighted by atomic mass is 16.8.